The van der Waals surface area contributed by atoms with Crippen LogP contribution < -0.4 is 0 Å². The Kier molecular flexibility index (Phi) is 50.9. The lowest BCUT2D eigenvalue weighted by Gasteiger charge is -2.18. The summed E-state index contributed by atoms with van der Waals surface area (Å²) in [6, 6.07) is 0. The van der Waals surface area contributed by atoms with E-state index in [4.69, 9.17) is 14.2 Å². The summed E-state index contributed by atoms with van der Waals surface area (Å²) in [5, 5.41) is 0. The van der Waals surface area contributed by atoms with Crippen molar-refractivity contribution in [3.63, 3.8) is 0 Å². The highest BCUT2D eigenvalue weighted by molar-refractivity contribution is 5.70. The van der Waals surface area contributed by atoms with Crippen molar-refractivity contribution < 1.29 is 23.8 Å². The maximum Gasteiger partial charge on any atom is 0.306 e. The number of hydrogen-bond donors (Lipinski definition) is 0. The van der Waals surface area contributed by atoms with Gasteiger partial charge in [-0.1, -0.05) is 204 Å². The maximum atomic E-state index is 12.8. The van der Waals surface area contributed by atoms with E-state index in [0.717, 1.165) is 77.0 Å². The van der Waals surface area contributed by atoms with E-state index >= 15 is 0 Å². The first-order valence-electron chi connectivity index (χ1n) is 26.8. The Morgan fingerprint density at radius 2 is 0.677 bits per heavy atom. The minimum Gasteiger partial charge on any atom is -0.462 e. The van der Waals surface area contributed by atoms with Crippen molar-refractivity contribution in [3.8, 4) is 0 Å². The van der Waals surface area contributed by atoms with E-state index in [1.54, 1.807) is 0 Å². The zero-order valence-electron chi connectivity index (χ0n) is 41.4. The standard InChI is InChI=1S/C57H102O5/c1-4-7-10-13-16-19-22-25-26-27-28-29-30-31-34-37-40-43-46-49-52-60-53-55(62-57(59)51-48-45-42-39-36-33-24-21-18-15-12-9-6-3)54-61-56(58)50-47-44-41-38-35-32-23-20-17-14-11-8-5-2/h16,19-21,23-26,28-29,55H,4-15,17-18,22,27,30-54H2,1-3H3/b19-16-,23-20-,24-21-,26-25-,29-28-. The van der Waals surface area contributed by atoms with Crippen LogP contribution in [0.1, 0.15) is 265 Å². The van der Waals surface area contributed by atoms with Gasteiger partial charge in [-0.05, 0) is 109 Å². The molecule has 5 nitrogen and oxygen atoms in total. The Morgan fingerprint density at radius 1 is 0.355 bits per heavy atom. The monoisotopic (exact) mass is 867 g/mol. The fourth-order valence-corrected chi connectivity index (χ4v) is 7.45. The van der Waals surface area contributed by atoms with E-state index in [2.05, 4.69) is 81.5 Å². The van der Waals surface area contributed by atoms with Crippen LogP contribution in [0.15, 0.2) is 60.8 Å². The maximum absolute atomic E-state index is 12.8. The first-order chi connectivity index (χ1) is 30.6. The normalized spacial score (nSPS) is 12.6. The summed E-state index contributed by atoms with van der Waals surface area (Å²) in [6.07, 6.45) is 66.5. The second-order valence-corrected chi connectivity index (χ2v) is 17.8. The molecule has 0 radical (unpaired) electrons. The van der Waals surface area contributed by atoms with Crippen molar-refractivity contribution in [1.29, 1.82) is 0 Å². The minimum atomic E-state index is -0.549. The molecule has 1 atom stereocenters. The Balaban J connectivity index is 4.27. The van der Waals surface area contributed by atoms with Gasteiger partial charge in [-0.15, -0.1) is 0 Å². The van der Waals surface area contributed by atoms with Crippen molar-refractivity contribution in [2.24, 2.45) is 0 Å². The molecule has 0 spiro atoms. The Bertz CT molecular complexity index is 1070. The molecular weight excluding hydrogens is 765 g/mol. The van der Waals surface area contributed by atoms with Crippen molar-refractivity contribution in [1.82, 2.24) is 0 Å². The lowest BCUT2D eigenvalue weighted by molar-refractivity contribution is -0.163. The lowest BCUT2D eigenvalue weighted by Crippen LogP contribution is -2.30. The number of allylic oxidation sites excluding steroid dienone is 10. The van der Waals surface area contributed by atoms with Crippen LogP contribution in [0, 0.1) is 0 Å². The van der Waals surface area contributed by atoms with Crippen molar-refractivity contribution in [2.75, 3.05) is 19.8 Å². The van der Waals surface area contributed by atoms with Crippen LogP contribution in [0.2, 0.25) is 0 Å². The van der Waals surface area contributed by atoms with Gasteiger partial charge in [0, 0.05) is 19.4 Å². The van der Waals surface area contributed by atoms with E-state index in [1.165, 1.54) is 154 Å². The van der Waals surface area contributed by atoms with E-state index in [-0.39, 0.29) is 25.2 Å². The zero-order chi connectivity index (χ0) is 44.9. The number of carbonyl (C=O) groups excluding carboxylic acids is 2. The van der Waals surface area contributed by atoms with Crippen LogP contribution in [0.5, 0.6) is 0 Å². The van der Waals surface area contributed by atoms with Gasteiger partial charge in [-0.3, -0.25) is 9.59 Å². The molecular formula is C57H102O5. The average Bonchev–Trinajstić information content (AvgIpc) is 3.27. The number of unbranched alkanes of at least 4 members (excludes halogenated alkanes) is 28. The highest BCUT2D eigenvalue weighted by Gasteiger charge is 2.17. The summed E-state index contributed by atoms with van der Waals surface area (Å²) >= 11 is 0. The summed E-state index contributed by atoms with van der Waals surface area (Å²) in [6.45, 7) is 7.75. The second-order valence-electron chi connectivity index (χ2n) is 17.8. The molecule has 5 heteroatoms. The zero-order valence-corrected chi connectivity index (χ0v) is 41.4. The number of ether oxygens (including phenoxy) is 3. The molecule has 360 valence electrons. The van der Waals surface area contributed by atoms with E-state index < -0.39 is 6.10 Å². The lowest BCUT2D eigenvalue weighted by atomic mass is 10.1. The van der Waals surface area contributed by atoms with E-state index in [9.17, 15) is 9.59 Å². The highest BCUT2D eigenvalue weighted by Crippen LogP contribution is 2.14. The summed E-state index contributed by atoms with van der Waals surface area (Å²) in [7, 11) is 0. The summed E-state index contributed by atoms with van der Waals surface area (Å²) in [5.74, 6) is -0.417. The fourth-order valence-electron chi connectivity index (χ4n) is 7.45. The topological polar surface area (TPSA) is 61.8 Å². The quantitative estimate of drug-likeness (QED) is 0.0346. The molecule has 0 heterocycles. The SMILES string of the molecule is CCCCC/C=C\C/C=C\C/C=C\CCCCCCCCCOCC(COC(=O)CCCCCCC/C=C\CCCCCC)OC(=O)CCCCCCC/C=C\CCCCCC. The third-order valence-electron chi connectivity index (χ3n) is 11.5. The average molecular weight is 867 g/mol. The summed E-state index contributed by atoms with van der Waals surface area (Å²) in [4.78, 5) is 25.4. The predicted octanol–water partition coefficient (Wildman–Crippen LogP) is 18.1. The molecule has 0 aliphatic heterocycles. The van der Waals surface area contributed by atoms with Gasteiger partial charge in [0.1, 0.15) is 6.61 Å². The molecule has 62 heavy (non-hydrogen) atoms. The van der Waals surface area contributed by atoms with Gasteiger partial charge in [0.2, 0.25) is 0 Å². The van der Waals surface area contributed by atoms with Gasteiger partial charge in [0.05, 0.1) is 6.61 Å². The molecule has 0 aromatic rings. The minimum absolute atomic E-state index is 0.0736. The van der Waals surface area contributed by atoms with Crippen molar-refractivity contribution in [2.45, 2.75) is 271 Å². The molecule has 0 bridgehead atoms. The molecule has 0 aromatic heterocycles. The van der Waals surface area contributed by atoms with Crippen LogP contribution in [0.4, 0.5) is 0 Å². The van der Waals surface area contributed by atoms with Crippen LogP contribution in [0.3, 0.4) is 0 Å². The third-order valence-corrected chi connectivity index (χ3v) is 11.5. The molecule has 0 aliphatic carbocycles. The van der Waals surface area contributed by atoms with Crippen LogP contribution >= 0.6 is 0 Å². The summed E-state index contributed by atoms with van der Waals surface area (Å²) < 4.78 is 17.4. The molecule has 0 saturated carbocycles. The third kappa shape index (κ3) is 50.2. The fraction of sp³-hybridized carbons (Fsp3) is 0.789. The molecule has 0 fully saturated rings. The van der Waals surface area contributed by atoms with Gasteiger partial charge >= 0.3 is 11.9 Å². The molecule has 0 amide bonds. The van der Waals surface area contributed by atoms with Crippen molar-refractivity contribution >= 4 is 11.9 Å². The van der Waals surface area contributed by atoms with Gasteiger partial charge < -0.3 is 14.2 Å². The number of carbonyl (C=O) groups is 2. The molecule has 0 N–H and O–H groups in total. The molecule has 0 saturated heterocycles. The second kappa shape index (κ2) is 52.9. The van der Waals surface area contributed by atoms with Crippen LogP contribution in [-0.4, -0.2) is 37.9 Å². The Morgan fingerprint density at radius 3 is 1.13 bits per heavy atom. The van der Waals surface area contributed by atoms with E-state index in [0.29, 0.717) is 19.4 Å². The molecule has 1 unspecified atom stereocenters. The first-order valence-corrected chi connectivity index (χ1v) is 26.8. The number of hydrogen-bond acceptors (Lipinski definition) is 5. The van der Waals surface area contributed by atoms with Gasteiger partial charge in [-0.2, -0.15) is 0 Å². The largest absolute Gasteiger partial charge is 0.462 e. The summed E-state index contributed by atoms with van der Waals surface area (Å²) in [5.41, 5.74) is 0. The Labute approximate surface area is 385 Å². The highest BCUT2D eigenvalue weighted by atomic mass is 16.6. The van der Waals surface area contributed by atoms with Crippen LogP contribution in [-0.2, 0) is 23.8 Å². The van der Waals surface area contributed by atoms with Gasteiger partial charge in [-0.25, -0.2) is 0 Å². The molecule has 0 aromatic carbocycles. The van der Waals surface area contributed by atoms with Gasteiger partial charge in [0.25, 0.3) is 0 Å². The number of rotatable bonds is 49. The van der Waals surface area contributed by atoms with Crippen LogP contribution in [0.25, 0.3) is 0 Å². The molecule has 0 rings (SSSR count). The number of esters is 2. The predicted molar refractivity (Wildman–Crippen MR) is 270 cm³/mol. The van der Waals surface area contributed by atoms with E-state index in [1.807, 2.05) is 0 Å². The first kappa shape index (κ1) is 59.6. The molecule has 0 aliphatic rings. The smallest absolute Gasteiger partial charge is 0.306 e. The van der Waals surface area contributed by atoms with Crippen molar-refractivity contribution in [3.05, 3.63) is 60.8 Å². The van der Waals surface area contributed by atoms with Gasteiger partial charge in [0.15, 0.2) is 6.10 Å². The Hall–Kier alpha value is -2.40.